The molecular weight excluding hydrogens is 322 g/mol. The van der Waals surface area contributed by atoms with Crippen molar-refractivity contribution < 1.29 is 14.3 Å². The molecule has 22 heavy (non-hydrogen) atoms. The molecule has 0 aliphatic heterocycles. The molecule has 4 nitrogen and oxygen atoms in total. The highest BCUT2D eigenvalue weighted by Crippen LogP contribution is 2.16. The third-order valence-corrected chi connectivity index (χ3v) is 4.16. The number of thioether (sulfide) groups is 1. The quantitative estimate of drug-likeness (QED) is 0.736. The van der Waals surface area contributed by atoms with Crippen LogP contribution < -0.4 is 5.32 Å². The molecule has 0 bridgehead atoms. The predicted molar refractivity (Wildman–Crippen MR) is 91.0 cm³/mol. The number of methoxy groups -OCH3 is 1. The molecule has 1 rings (SSSR count). The first kappa shape index (κ1) is 18.8. The van der Waals surface area contributed by atoms with E-state index >= 15 is 0 Å². The number of benzene rings is 1. The van der Waals surface area contributed by atoms with E-state index in [0.29, 0.717) is 23.1 Å². The maximum Gasteiger partial charge on any atom is 0.328 e. The molecule has 1 atom stereocenters. The average molecular weight is 344 g/mol. The zero-order chi connectivity index (χ0) is 16.5. The van der Waals surface area contributed by atoms with E-state index in [0.717, 1.165) is 5.56 Å². The Morgan fingerprint density at radius 1 is 1.36 bits per heavy atom. The van der Waals surface area contributed by atoms with Gasteiger partial charge >= 0.3 is 5.97 Å². The molecule has 0 heterocycles. The van der Waals surface area contributed by atoms with Crippen LogP contribution in [0.3, 0.4) is 0 Å². The largest absolute Gasteiger partial charge is 0.467 e. The number of hydrogen-bond acceptors (Lipinski definition) is 4. The van der Waals surface area contributed by atoms with Crippen molar-refractivity contribution in [2.45, 2.75) is 32.1 Å². The van der Waals surface area contributed by atoms with Crippen LogP contribution in [0.5, 0.6) is 0 Å². The Morgan fingerprint density at radius 2 is 2.09 bits per heavy atom. The standard InChI is InChI=1S/C16H22ClNO3S/c1-11(2)7-14(16(20)21-3)18-15(19)10-22-9-12-5-4-6-13(17)8-12/h4-6,8,11,14H,7,9-10H2,1-3H3,(H,18,19)/t14-/m1/s1. The van der Waals surface area contributed by atoms with E-state index in [1.165, 1.54) is 18.9 Å². The summed E-state index contributed by atoms with van der Waals surface area (Å²) < 4.78 is 4.73. The smallest absolute Gasteiger partial charge is 0.328 e. The summed E-state index contributed by atoms with van der Waals surface area (Å²) in [6.45, 7) is 3.99. The molecule has 6 heteroatoms. The Kier molecular flexibility index (Phi) is 8.35. The lowest BCUT2D eigenvalue weighted by atomic mass is 10.0. The predicted octanol–water partition coefficient (Wildman–Crippen LogP) is 3.28. The number of esters is 1. The Balaban J connectivity index is 2.41. The van der Waals surface area contributed by atoms with Gasteiger partial charge in [0.15, 0.2) is 0 Å². The number of carbonyl (C=O) groups excluding carboxylic acids is 2. The van der Waals surface area contributed by atoms with Gasteiger partial charge in [0, 0.05) is 10.8 Å². The summed E-state index contributed by atoms with van der Waals surface area (Å²) in [7, 11) is 1.33. The van der Waals surface area contributed by atoms with Gasteiger partial charge in [-0.1, -0.05) is 37.6 Å². The molecule has 0 unspecified atom stereocenters. The van der Waals surface area contributed by atoms with E-state index in [2.05, 4.69) is 5.32 Å². The van der Waals surface area contributed by atoms with Crippen molar-refractivity contribution in [3.8, 4) is 0 Å². The van der Waals surface area contributed by atoms with Crippen LogP contribution in [0, 0.1) is 5.92 Å². The van der Waals surface area contributed by atoms with Crippen molar-refractivity contribution in [1.29, 1.82) is 0 Å². The lowest BCUT2D eigenvalue weighted by Crippen LogP contribution is -2.43. The van der Waals surface area contributed by atoms with E-state index in [1.807, 2.05) is 38.1 Å². The highest BCUT2D eigenvalue weighted by molar-refractivity contribution is 7.99. The minimum atomic E-state index is -0.579. The summed E-state index contributed by atoms with van der Waals surface area (Å²) in [6.07, 6.45) is 0.567. The Hall–Kier alpha value is -1.20. The van der Waals surface area contributed by atoms with Gasteiger partial charge < -0.3 is 10.1 Å². The molecule has 0 aliphatic carbocycles. The Bertz CT molecular complexity index is 508. The van der Waals surface area contributed by atoms with E-state index < -0.39 is 12.0 Å². The fourth-order valence-electron chi connectivity index (χ4n) is 1.95. The van der Waals surface area contributed by atoms with Crippen molar-refractivity contribution in [1.82, 2.24) is 5.32 Å². The SMILES string of the molecule is COC(=O)[C@@H](CC(C)C)NC(=O)CSCc1cccc(Cl)c1. The van der Waals surface area contributed by atoms with Gasteiger partial charge in [-0.3, -0.25) is 4.79 Å². The number of rotatable bonds is 8. The van der Waals surface area contributed by atoms with Crippen molar-refractivity contribution in [3.05, 3.63) is 34.9 Å². The maximum absolute atomic E-state index is 11.9. The third-order valence-electron chi connectivity index (χ3n) is 2.92. The van der Waals surface area contributed by atoms with Gasteiger partial charge in [-0.2, -0.15) is 0 Å². The molecule has 1 amide bonds. The zero-order valence-corrected chi connectivity index (χ0v) is 14.7. The van der Waals surface area contributed by atoms with Crippen molar-refractivity contribution in [2.24, 2.45) is 5.92 Å². The van der Waals surface area contributed by atoms with Gasteiger partial charge in [0.1, 0.15) is 6.04 Å². The average Bonchev–Trinajstić information content (AvgIpc) is 2.45. The first-order valence-corrected chi connectivity index (χ1v) is 8.65. The van der Waals surface area contributed by atoms with Crippen LogP contribution in [-0.4, -0.2) is 30.8 Å². The molecule has 0 aromatic heterocycles. The monoisotopic (exact) mass is 343 g/mol. The summed E-state index contributed by atoms with van der Waals surface area (Å²) in [5, 5.41) is 3.42. The molecular formula is C16H22ClNO3S. The fraction of sp³-hybridized carbons (Fsp3) is 0.500. The highest BCUT2D eigenvalue weighted by atomic mass is 35.5. The summed E-state index contributed by atoms with van der Waals surface area (Å²) in [4.78, 5) is 23.6. The molecule has 1 N–H and O–H groups in total. The number of ether oxygens (including phenoxy) is 1. The van der Waals surface area contributed by atoms with E-state index in [-0.39, 0.29) is 11.7 Å². The second-order valence-corrected chi connectivity index (χ2v) is 6.82. The molecule has 122 valence electrons. The number of hydrogen-bond donors (Lipinski definition) is 1. The van der Waals surface area contributed by atoms with Crippen LogP contribution in [0.1, 0.15) is 25.8 Å². The number of amides is 1. The molecule has 0 spiro atoms. The van der Waals surface area contributed by atoms with Gasteiger partial charge in [-0.15, -0.1) is 11.8 Å². The summed E-state index contributed by atoms with van der Waals surface area (Å²) in [5.74, 6) is 0.715. The first-order chi connectivity index (χ1) is 10.4. The van der Waals surface area contributed by atoms with Gasteiger partial charge in [0.05, 0.1) is 12.9 Å². The van der Waals surface area contributed by atoms with E-state index in [4.69, 9.17) is 16.3 Å². The minimum absolute atomic E-state index is 0.164. The number of nitrogens with one attached hydrogen (secondary N) is 1. The molecule has 0 fully saturated rings. The number of halogens is 1. The first-order valence-electron chi connectivity index (χ1n) is 7.11. The minimum Gasteiger partial charge on any atom is -0.467 e. The van der Waals surface area contributed by atoms with Crippen LogP contribution in [-0.2, 0) is 20.1 Å². The van der Waals surface area contributed by atoms with Gasteiger partial charge in [0.25, 0.3) is 0 Å². The zero-order valence-electron chi connectivity index (χ0n) is 13.1. The second kappa shape index (κ2) is 9.74. The molecule has 0 aliphatic rings. The van der Waals surface area contributed by atoms with Gasteiger partial charge in [-0.25, -0.2) is 4.79 Å². The van der Waals surface area contributed by atoms with Crippen LogP contribution in [0.2, 0.25) is 5.02 Å². The lowest BCUT2D eigenvalue weighted by molar-refractivity contribution is -0.145. The maximum atomic E-state index is 11.9. The summed E-state index contributed by atoms with van der Waals surface area (Å²) in [6, 6.07) is 6.96. The summed E-state index contributed by atoms with van der Waals surface area (Å²) >= 11 is 7.39. The Labute approximate surface area is 140 Å². The molecule has 1 aromatic rings. The molecule has 0 saturated carbocycles. The van der Waals surface area contributed by atoms with Gasteiger partial charge in [0.2, 0.25) is 5.91 Å². The van der Waals surface area contributed by atoms with E-state index in [1.54, 1.807) is 0 Å². The van der Waals surface area contributed by atoms with Crippen LogP contribution in [0.25, 0.3) is 0 Å². The second-order valence-electron chi connectivity index (χ2n) is 5.40. The molecule has 0 radical (unpaired) electrons. The fourth-order valence-corrected chi connectivity index (χ4v) is 2.95. The van der Waals surface area contributed by atoms with Crippen molar-refractivity contribution >= 4 is 35.2 Å². The van der Waals surface area contributed by atoms with Crippen LogP contribution in [0.4, 0.5) is 0 Å². The third kappa shape index (κ3) is 7.18. The topological polar surface area (TPSA) is 55.4 Å². The van der Waals surface area contributed by atoms with Crippen molar-refractivity contribution in [3.63, 3.8) is 0 Å². The van der Waals surface area contributed by atoms with Gasteiger partial charge in [-0.05, 0) is 30.0 Å². The van der Waals surface area contributed by atoms with Crippen molar-refractivity contribution in [2.75, 3.05) is 12.9 Å². The highest BCUT2D eigenvalue weighted by Gasteiger charge is 2.22. The Morgan fingerprint density at radius 3 is 2.68 bits per heavy atom. The number of carbonyl (C=O) groups is 2. The summed E-state index contributed by atoms with van der Waals surface area (Å²) in [5.41, 5.74) is 1.07. The van der Waals surface area contributed by atoms with E-state index in [9.17, 15) is 9.59 Å². The lowest BCUT2D eigenvalue weighted by Gasteiger charge is -2.18. The van der Waals surface area contributed by atoms with Crippen LogP contribution in [0.15, 0.2) is 24.3 Å². The normalized spacial score (nSPS) is 12.0. The molecule has 1 aromatic carbocycles. The van der Waals surface area contributed by atoms with Crippen LogP contribution >= 0.6 is 23.4 Å². The molecule has 0 saturated heterocycles.